The van der Waals surface area contributed by atoms with Crippen LogP contribution in [0, 0.1) is 0 Å². The summed E-state index contributed by atoms with van der Waals surface area (Å²) in [5, 5.41) is 0. The number of ether oxygens (including phenoxy) is 3. The van der Waals surface area contributed by atoms with Crippen molar-refractivity contribution in [3.05, 3.63) is 134 Å². The maximum Gasteiger partial charge on any atom is 0.306 e. The first kappa shape index (κ1) is 66.6. The quantitative estimate of drug-likeness (QED) is 0.0262. The Balaban J connectivity index is 4.58. The molecule has 0 aromatic carbocycles. The number of hydrogen-bond acceptors (Lipinski definition) is 6. The Morgan fingerprint density at radius 2 is 0.577 bits per heavy atom. The molecular weight excluding hydrogens is 877 g/mol. The van der Waals surface area contributed by atoms with E-state index in [1.165, 1.54) is 77.0 Å². The number of esters is 3. The summed E-state index contributed by atoms with van der Waals surface area (Å²) < 4.78 is 16.8. The number of allylic oxidation sites excluding steroid dienone is 22. The Kier molecular flexibility index (Phi) is 54.5. The first-order valence-corrected chi connectivity index (χ1v) is 28.7. The molecule has 0 heterocycles. The van der Waals surface area contributed by atoms with E-state index in [1.807, 2.05) is 12.2 Å². The second-order valence-corrected chi connectivity index (χ2v) is 18.5. The third kappa shape index (κ3) is 56.3. The van der Waals surface area contributed by atoms with Crippen molar-refractivity contribution in [3.63, 3.8) is 0 Å². The van der Waals surface area contributed by atoms with Crippen LogP contribution in [0.2, 0.25) is 0 Å². The van der Waals surface area contributed by atoms with Crippen molar-refractivity contribution in [1.29, 1.82) is 0 Å². The van der Waals surface area contributed by atoms with Crippen LogP contribution in [0.15, 0.2) is 134 Å². The van der Waals surface area contributed by atoms with Crippen molar-refractivity contribution in [2.45, 2.75) is 245 Å². The molecule has 0 saturated heterocycles. The predicted molar refractivity (Wildman–Crippen MR) is 306 cm³/mol. The van der Waals surface area contributed by atoms with Crippen molar-refractivity contribution in [1.82, 2.24) is 0 Å². The molecule has 0 aromatic heterocycles. The van der Waals surface area contributed by atoms with Crippen LogP contribution in [0.3, 0.4) is 0 Å². The third-order valence-corrected chi connectivity index (χ3v) is 11.6. The van der Waals surface area contributed by atoms with Gasteiger partial charge in [-0.25, -0.2) is 0 Å². The fraction of sp³-hybridized carbons (Fsp3) is 0.615. The van der Waals surface area contributed by atoms with E-state index >= 15 is 0 Å². The van der Waals surface area contributed by atoms with Crippen molar-refractivity contribution in [2.75, 3.05) is 13.2 Å². The summed E-state index contributed by atoms with van der Waals surface area (Å²) in [4.78, 5) is 38.1. The van der Waals surface area contributed by atoms with Gasteiger partial charge in [0.15, 0.2) is 6.10 Å². The molecule has 0 aliphatic carbocycles. The van der Waals surface area contributed by atoms with E-state index in [0.717, 1.165) is 116 Å². The lowest BCUT2D eigenvalue weighted by atomic mass is 10.1. The fourth-order valence-corrected chi connectivity index (χ4v) is 7.33. The van der Waals surface area contributed by atoms with Crippen LogP contribution in [0.25, 0.3) is 0 Å². The van der Waals surface area contributed by atoms with Crippen LogP contribution in [0.4, 0.5) is 0 Å². The second-order valence-electron chi connectivity index (χ2n) is 18.5. The highest BCUT2D eigenvalue weighted by Gasteiger charge is 2.19. The molecule has 0 aliphatic heterocycles. The molecule has 0 amide bonds. The minimum atomic E-state index is -0.830. The summed E-state index contributed by atoms with van der Waals surface area (Å²) >= 11 is 0. The molecule has 0 saturated carbocycles. The summed E-state index contributed by atoms with van der Waals surface area (Å²) in [7, 11) is 0. The van der Waals surface area contributed by atoms with Crippen molar-refractivity contribution >= 4 is 17.9 Å². The molecule has 0 aromatic rings. The zero-order valence-electron chi connectivity index (χ0n) is 45.7. The smallest absolute Gasteiger partial charge is 0.306 e. The summed E-state index contributed by atoms with van der Waals surface area (Å²) in [5.41, 5.74) is 0. The van der Waals surface area contributed by atoms with Gasteiger partial charge in [0.2, 0.25) is 0 Å². The minimum absolute atomic E-state index is 0.119. The van der Waals surface area contributed by atoms with Gasteiger partial charge in [0.05, 0.1) is 0 Å². The maximum atomic E-state index is 12.9. The summed E-state index contributed by atoms with van der Waals surface area (Å²) in [5.74, 6) is -1.04. The van der Waals surface area contributed by atoms with Gasteiger partial charge in [-0.15, -0.1) is 0 Å². The first-order valence-electron chi connectivity index (χ1n) is 28.7. The fourth-order valence-electron chi connectivity index (χ4n) is 7.33. The van der Waals surface area contributed by atoms with E-state index in [9.17, 15) is 14.4 Å². The predicted octanol–water partition coefficient (Wildman–Crippen LogP) is 19.4. The highest BCUT2D eigenvalue weighted by Crippen LogP contribution is 2.13. The van der Waals surface area contributed by atoms with E-state index in [4.69, 9.17) is 14.2 Å². The largest absolute Gasteiger partial charge is 0.462 e. The minimum Gasteiger partial charge on any atom is -0.462 e. The van der Waals surface area contributed by atoms with Gasteiger partial charge in [0, 0.05) is 19.3 Å². The third-order valence-electron chi connectivity index (χ3n) is 11.6. The molecular formula is C65H104O6. The Morgan fingerprint density at radius 1 is 0.296 bits per heavy atom. The Labute approximate surface area is 436 Å². The lowest BCUT2D eigenvalue weighted by Crippen LogP contribution is -2.30. The molecule has 0 aliphatic rings. The van der Waals surface area contributed by atoms with Crippen LogP contribution in [-0.2, 0) is 28.6 Å². The normalized spacial score (nSPS) is 13.1. The maximum absolute atomic E-state index is 12.9. The van der Waals surface area contributed by atoms with Crippen LogP contribution in [0.5, 0.6) is 0 Å². The molecule has 0 N–H and O–H groups in total. The van der Waals surface area contributed by atoms with Gasteiger partial charge >= 0.3 is 17.9 Å². The summed E-state index contributed by atoms with van der Waals surface area (Å²) in [6.45, 7) is 6.37. The van der Waals surface area contributed by atoms with Crippen LogP contribution in [0.1, 0.15) is 239 Å². The highest BCUT2D eigenvalue weighted by molar-refractivity contribution is 5.71. The van der Waals surface area contributed by atoms with Crippen molar-refractivity contribution < 1.29 is 28.6 Å². The number of unbranched alkanes of at least 4 members (excludes halogenated alkanes) is 17. The van der Waals surface area contributed by atoms with Gasteiger partial charge in [-0.05, 0) is 128 Å². The Morgan fingerprint density at radius 3 is 0.944 bits per heavy atom. The molecule has 0 bridgehead atoms. The van der Waals surface area contributed by atoms with Gasteiger partial charge in [-0.3, -0.25) is 14.4 Å². The Bertz CT molecular complexity index is 1550. The van der Waals surface area contributed by atoms with Crippen LogP contribution >= 0.6 is 0 Å². The second kappa shape index (κ2) is 58.1. The monoisotopic (exact) mass is 981 g/mol. The number of carbonyl (C=O) groups is 3. The first-order chi connectivity index (χ1) is 35.0. The van der Waals surface area contributed by atoms with Crippen molar-refractivity contribution in [3.8, 4) is 0 Å². The molecule has 0 spiro atoms. The molecule has 6 nitrogen and oxygen atoms in total. The molecule has 0 unspecified atom stereocenters. The molecule has 400 valence electrons. The standard InChI is InChI=1S/C65H104O6/c1-4-7-10-13-16-19-22-25-28-31-32-35-37-40-43-46-49-52-55-58-64(67)70-61-62(71-65(68)59-56-53-50-47-44-41-38-34-30-27-24-21-18-15-12-9-6-3)60-69-63(66)57-54-51-48-45-42-39-36-33-29-26-23-20-17-14-11-8-5-2/h7,10,16-21,25-30,32,35,38,40-41,43,49,52,62H,4-6,8-9,11-15,22-24,31,33-34,36-37,39,42,44-48,50-51,53-61H2,1-3H3/b10-7-,19-16-,20-17-,21-18-,28-25-,29-26-,30-27-,35-32-,41-38-,43-40-,52-49-/t62-/m0/s1. The summed E-state index contributed by atoms with van der Waals surface area (Å²) in [6, 6.07) is 0. The zero-order chi connectivity index (χ0) is 51.4. The van der Waals surface area contributed by atoms with Crippen LogP contribution < -0.4 is 0 Å². The molecule has 71 heavy (non-hydrogen) atoms. The molecule has 1 atom stereocenters. The average Bonchev–Trinajstić information content (AvgIpc) is 3.37. The van der Waals surface area contributed by atoms with E-state index in [2.05, 4.69) is 142 Å². The van der Waals surface area contributed by atoms with E-state index in [0.29, 0.717) is 12.8 Å². The van der Waals surface area contributed by atoms with Crippen LogP contribution in [-0.4, -0.2) is 37.2 Å². The van der Waals surface area contributed by atoms with E-state index in [1.54, 1.807) is 0 Å². The molecule has 6 heteroatoms. The van der Waals surface area contributed by atoms with Gasteiger partial charge < -0.3 is 14.2 Å². The SMILES string of the molecule is CC/C=C\C/C=C\C/C=C\C/C=C\C/C=C\C/C=C\CCC(=O)OC[C@H](COC(=O)CCCCCCCCC/C=C\C/C=C\CCCCC)OC(=O)CCCCCC/C=C\C/C=C\C/C=C\CCCCC. The van der Waals surface area contributed by atoms with E-state index < -0.39 is 6.10 Å². The van der Waals surface area contributed by atoms with Gasteiger partial charge in [0.25, 0.3) is 0 Å². The van der Waals surface area contributed by atoms with Crippen molar-refractivity contribution in [2.24, 2.45) is 0 Å². The molecule has 0 radical (unpaired) electrons. The number of rotatable bonds is 50. The van der Waals surface area contributed by atoms with Gasteiger partial charge in [-0.1, -0.05) is 225 Å². The molecule has 0 rings (SSSR count). The lowest BCUT2D eigenvalue weighted by molar-refractivity contribution is -0.166. The molecule has 0 fully saturated rings. The Hall–Kier alpha value is -4.45. The zero-order valence-corrected chi connectivity index (χ0v) is 45.7. The summed E-state index contributed by atoms with van der Waals surface area (Å²) in [6.07, 6.45) is 81.6. The number of hydrogen-bond donors (Lipinski definition) is 0. The lowest BCUT2D eigenvalue weighted by Gasteiger charge is -2.18. The van der Waals surface area contributed by atoms with E-state index in [-0.39, 0.29) is 44.0 Å². The topological polar surface area (TPSA) is 78.9 Å². The highest BCUT2D eigenvalue weighted by atomic mass is 16.6. The van der Waals surface area contributed by atoms with Gasteiger partial charge in [0.1, 0.15) is 13.2 Å². The van der Waals surface area contributed by atoms with Gasteiger partial charge in [-0.2, -0.15) is 0 Å². The number of carbonyl (C=O) groups excluding carboxylic acids is 3. The average molecular weight is 982 g/mol.